The van der Waals surface area contributed by atoms with Crippen LogP contribution < -0.4 is 5.43 Å². The van der Waals surface area contributed by atoms with E-state index in [0.717, 1.165) is 6.42 Å². The Bertz CT molecular complexity index is 565. The zero-order valence-electron chi connectivity index (χ0n) is 11.1. The predicted molar refractivity (Wildman–Crippen MR) is 71.4 cm³/mol. The quantitative estimate of drug-likeness (QED) is 0.843. The Morgan fingerprint density at radius 3 is 2.84 bits per heavy atom. The molecule has 1 aliphatic heterocycles. The van der Waals surface area contributed by atoms with Crippen molar-refractivity contribution in [2.24, 2.45) is 16.4 Å². The van der Waals surface area contributed by atoms with E-state index in [-0.39, 0.29) is 29.0 Å². The van der Waals surface area contributed by atoms with E-state index < -0.39 is 0 Å². The van der Waals surface area contributed by atoms with Crippen LogP contribution in [0, 0.1) is 17.2 Å². The minimum Gasteiger partial charge on any atom is -0.306 e. The average molecular weight is 260 g/mol. The van der Waals surface area contributed by atoms with E-state index in [0.29, 0.717) is 17.7 Å². The molecular weight excluding hydrogens is 243 g/mol. The lowest BCUT2D eigenvalue weighted by molar-refractivity contribution is -0.126. The van der Waals surface area contributed by atoms with Gasteiger partial charge in [-0.3, -0.25) is 4.79 Å². The van der Waals surface area contributed by atoms with Crippen LogP contribution in [0.1, 0.15) is 32.3 Å². The summed E-state index contributed by atoms with van der Waals surface area (Å²) >= 11 is 0. The highest BCUT2D eigenvalue weighted by Crippen LogP contribution is 2.39. The summed E-state index contributed by atoms with van der Waals surface area (Å²) in [6.45, 7) is 4.17. The van der Waals surface area contributed by atoms with Gasteiger partial charge in [0.1, 0.15) is 11.6 Å². The van der Waals surface area contributed by atoms with E-state index >= 15 is 0 Å². The molecule has 1 saturated carbocycles. The molecule has 4 heteroatoms. The summed E-state index contributed by atoms with van der Waals surface area (Å²) in [5, 5.41) is 4.23. The second kappa shape index (κ2) is 4.15. The molecule has 0 unspecified atom stereocenters. The average Bonchev–Trinajstić information content (AvgIpc) is 2.71. The van der Waals surface area contributed by atoms with Crippen molar-refractivity contribution in [1.29, 1.82) is 0 Å². The second-order valence-corrected chi connectivity index (χ2v) is 6.20. The van der Waals surface area contributed by atoms with E-state index in [4.69, 9.17) is 0 Å². The van der Waals surface area contributed by atoms with Crippen LogP contribution in [0.3, 0.4) is 0 Å². The van der Waals surface area contributed by atoms with Gasteiger partial charge in [0.15, 0.2) is 0 Å². The first-order valence-corrected chi connectivity index (χ1v) is 6.59. The van der Waals surface area contributed by atoms with E-state index in [1.807, 2.05) is 0 Å². The van der Waals surface area contributed by atoms with Crippen LogP contribution >= 0.6 is 0 Å². The minimum absolute atomic E-state index is 0.00542. The molecule has 3 nitrogen and oxygen atoms in total. The monoisotopic (exact) mass is 260 g/mol. The van der Waals surface area contributed by atoms with Gasteiger partial charge in [-0.25, -0.2) is 4.39 Å². The summed E-state index contributed by atoms with van der Waals surface area (Å²) in [7, 11) is 0. The third-order valence-corrected chi connectivity index (χ3v) is 3.97. The van der Waals surface area contributed by atoms with Crippen molar-refractivity contribution in [3.8, 4) is 0 Å². The maximum Gasteiger partial charge on any atom is 0.144 e. The van der Waals surface area contributed by atoms with E-state index in [9.17, 15) is 9.18 Å². The van der Waals surface area contributed by atoms with Crippen LogP contribution in [-0.4, -0.2) is 17.5 Å². The number of hydrazone groups is 1. The van der Waals surface area contributed by atoms with Crippen molar-refractivity contribution < 1.29 is 9.18 Å². The normalized spacial score (nSPS) is 28.6. The van der Waals surface area contributed by atoms with E-state index in [2.05, 4.69) is 24.4 Å². The van der Waals surface area contributed by atoms with Crippen LogP contribution in [-0.2, 0) is 4.79 Å². The fraction of sp³-hybridized carbons (Fsp3) is 0.467. The van der Waals surface area contributed by atoms with Crippen molar-refractivity contribution >= 4 is 11.5 Å². The molecule has 0 spiro atoms. The Morgan fingerprint density at radius 2 is 2.11 bits per heavy atom. The summed E-state index contributed by atoms with van der Waals surface area (Å²) in [4.78, 5) is 12.3. The number of fused-ring (bicyclic) bond motifs is 1. The lowest BCUT2D eigenvalue weighted by atomic mass is 9.68. The molecule has 1 N–H and O–H groups in total. The predicted octanol–water partition coefficient (Wildman–Crippen LogP) is 2.51. The fourth-order valence-corrected chi connectivity index (χ4v) is 3.17. The summed E-state index contributed by atoms with van der Waals surface area (Å²) in [6.07, 6.45) is 1.41. The van der Waals surface area contributed by atoms with Gasteiger partial charge >= 0.3 is 0 Å². The van der Waals surface area contributed by atoms with Crippen LogP contribution in [0.4, 0.5) is 4.39 Å². The Hall–Kier alpha value is -1.71. The van der Waals surface area contributed by atoms with Gasteiger partial charge in [0.05, 0.1) is 17.7 Å². The van der Waals surface area contributed by atoms with Crippen molar-refractivity contribution in [2.75, 3.05) is 0 Å². The smallest absolute Gasteiger partial charge is 0.144 e. The van der Waals surface area contributed by atoms with Crippen molar-refractivity contribution in [2.45, 2.75) is 32.7 Å². The topological polar surface area (TPSA) is 41.5 Å². The second-order valence-electron chi connectivity index (χ2n) is 6.20. The molecule has 1 fully saturated rings. The molecule has 2 aliphatic rings. The summed E-state index contributed by atoms with van der Waals surface area (Å²) in [6, 6.07) is 6.51. The van der Waals surface area contributed by atoms with Gasteiger partial charge in [0.2, 0.25) is 0 Å². The molecule has 0 saturated heterocycles. The lowest BCUT2D eigenvalue weighted by Gasteiger charge is -2.36. The van der Waals surface area contributed by atoms with Crippen molar-refractivity contribution in [1.82, 2.24) is 5.43 Å². The van der Waals surface area contributed by atoms with Gasteiger partial charge in [-0.15, -0.1) is 0 Å². The van der Waals surface area contributed by atoms with Crippen molar-refractivity contribution in [3.63, 3.8) is 0 Å². The number of rotatable bonds is 1. The van der Waals surface area contributed by atoms with E-state index in [1.54, 1.807) is 18.2 Å². The lowest BCUT2D eigenvalue weighted by Crippen LogP contribution is -2.45. The molecule has 19 heavy (non-hydrogen) atoms. The summed E-state index contributed by atoms with van der Waals surface area (Å²) < 4.78 is 13.9. The standard InChI is InChI=1S/C15H17FN2O/c1-15(2)7-11-13(12(19)8-15)14(18-17-11)9-5-3-4-6-10(9)16/h3-6,11,13,17H,7-8H2,1-2H3/t11-,13+/m1/s1. The van der Waals surface area contributed by atoms with Gasteiger partial charge in [-0.05, 0) is 17.9 Å². The summed E-state index contributed by atoms with van der Waals surface area (Å²) in [5.41, 5.74) is 4.01. The van der Waals surface area contributed by atoms with Gasteiger partial charge < -0.3 is 5.43 Å². The van der Waals surface area contributed by atoms with Gasteiger partial charge in [-0.1, -0.05) is 32.0 Å². The molecule has 0 bridgehead atoms. The van der Waals surface area contributed by atoms with Crippen LogP contribution in [0.15, 0.2) is 29.4 Å². The number of hydrogen-bond donors (Lipinski definition) is 1. The number of nitrogens with one attached hydrogen (secondary N) is 1. The summed E-state index contributed by atoms with van der Waals surface area (Å²) in [5.74, 6) is -0.459. The van der Waals surface area contributed by atoms with Crippen LogP contribution in [0.25, 0.3) is 0 Å². The number of ketones is 1. The van der Waals surface area contributed by atoms with Gasteiger partial charge in [0, 0.05) is 12.0 Å². The minimum atomic E-state index is -0.318. The molecule has 1 aliphatic carbocycles. The molecule has 1 aromatic carbocycles. The first-order chi connectivity index (χ1) is 8.98. The molecule has 3 rings (SSSR count). The fourth-order valence-electron chi connectivity index (χ4n) is 3.17. The molecule has 1 aromatic rings. The van der Waals surface area contributed by atoms with Crippen LogP contribution in [0.5, 0.6) is 0 Å². The Kier molecular flexibility index (Phi) is 2.69. The molecule has 0 radical (unpaired) electrons. The molecule has 2 atom stereocenters. The van der Waals surface area contributed by atoms with Gasteiger partial charge in [0.25, 0.3) is 0 Å². The van der Waals surface area contributed by atoms with Crippen molar-refractivity contribution in [3.05, 3.63) is 35.6 Å². The highest BCUT2D eigenvalue weighted by molar-refractivity contribution is 6.15. The zero-order valence-corrected chi connectivity index (χ0v) is 11.1. The Morgan fingerprint density at radius 1 is 1.37 bits per heavy atom. The molecule has 1 heterocycles. The first-order valence-electron chi connectivity index (χ1n) is 6.59. The highest BCUT2D eigenvalue weighted by atomic mass is 19.1. The third-order valence-electron chi connectivity index (χ3n) is 3.97. The van der Waals surface area contributed by atoms with Crippen LogP contribution in [0.2, 0.25) is 0 Å². The molecular formula is C15H17FN2O. The number of hydrogen-bond acceptors (Lipinski definition) is 3. The highest BCUT2D eigenvalue weighted by Gasteiger charge is 2.46. The largest absolute Gasteiger partial charge is 0.306 e. The molecule has 0 amide bonds. The number of nitrogens with zero attached hydrogens (tertiary/aromatic N) is 1. The number of halogens is 1. The SMILES string of the molecule is CC1(C)CC(=O)[C@H]2C(c3ccccc3F)=NN[C@@H]2C1. The zero-order chi connectivity index (χ0) is 13.6. The number of Topliss-reactive ketones (excluding diaryl/α,β-unsaturated/α-hetero) is 1. The molecule has 0 aromatic heterocycles. The number of carbonyl (C=O) groups excluding carboxylic acids is 1. The maximum atomic E-state index is 13.9. The number of carbonyl (C=O) groups is 1. The Balaban J connectivity index is 1.95. The van der Waals surface area contributed by atoms with E-state index in [1.165, 1.54) is 6.07 Å². The third kappa shape index (κ3) is 2.05. The molecule has 100 valence electrons. The Labute approximate surface area is 111 Å². The number of benzene rings is 1. The van der Waals surface area contributed by atoms with Gasteiger partial charge in [-0.2, -0.15) is 5.10 Å². The first kappa shape index (κ1) is 12.3. The maximum absolute atomic E-state index is 13.9.